The lowest BCUT2D eigenvalue weighted by atomic mass is 9.55. The first kappa shape index (κ1) is 46.0. The van der Waals surface area contributed by atoms with Crippen LogP contribution in [-0.2, 0) is 20.9 Å². The molecule has 64 heavy (non-hydrogen) atoms. The van der Waals surface area contributed by atoms with Crippen molar-refractivity contribution in [1.29, 1.82) is 0 Å². The standard InChI is InChI=1S/C51H59N3O10/c1-4-7-29-60-50(57)53(34-37-19-14-18-35-16-8-9-22-41(35)37)47-33-45(52-62-6-3)43-30-36(17-10-12-26-55)42(23-11-13-27-56)48-44-32-40(63-39-21-15-20-38(31-39)54(58)59)24-25-46(44)64-51(47,49(43)48)61-28-5-2/h4-5,8-9,14-16,18-22,24-25,30-32,36,42,47-49,55-56H,1-2,6-7,10-13,17,23,26-29,33-34H2,3H3. The van der Waals surface area contributed by atoms with Crippen LogP contribution in [0.1, 0.15) is 75.3 Å². The zero-order valence-electron chi connectivity index (χ0n) is 36.5. The second-order valence-corrected chi connectivity index (χ2v) is 16.5. The maximum Gasteiger partial charge on any atom is 0.410 e. The SMILES string of the molecule is C=CCCOC(=O)N(Cc1cccc2ccccc12)C1CC(=NOCC)C2=CC(CCCCO)C(CCCCO)C3c4cc(Oc5cccc([N+](=O)[O-])c5)ccc4OC1(OCC=C)C23. The Morgan fingerprint density at radius 1 is 0.969 bits per heavy atom. The van der Waals surface area contributed by atoms with E-state index in [2.05, 4.69) is 19.2 Å². The van der Waals surface area contributed by atoms with Crippen molar-refractivity contribution >= 4 is 28.3 Å². The van der Waals surface area contributed by atoms with Gasteiger partial charge in [-0.3, -0.25) is 15.0 Å². The summed E-state index contributed by atoms with van der Waals surface area (Å²) in [6, 6.07) is 24.9. The quantitative estimate of drug-likeness (QED) is 0.0336. The van der Waals surface area contributed by atoms with E-state index in [0.29, 0.717) is 48.8 Å². The van der Waals surface area contributed by atoms with Crippen LogP contribution in [0.25, 0.3) is 10.8 Å². The third-order valence-electron chi connectivity index (χ3n) is 12.6. The number of rotatable bonds is 22. The summed E-state index contributed by atoms with van der Waals surface area (Å²) >= 11 is 0. The molecule has 7 rings (SSSR count). The van der Waals surface area contributed by atoms with Gasteiger partial charge in [0.15, 0.2) is 0 Å². The van der Waals surface area contributed by atoms with E-state index >= 15 is 0 Å². The highest BCUT2D eigenvalue weighted by molar-refractivity contribution is 6.03. The number of nitrogens with zero attached hydrogens (tertiary/aromatic N) is 3. The number of unbranched alkanes of at least 4 members (excludes halogenated alkanes) is 2. The summed E-state index contributed by atoms with van der Waals surface area (Å²) in [5, 5.41) is 38.4. The Labute approximate surface area is 374 Å². The van der Waals surface area contributed by atoms with Crippen LogP contribution in [0.5, 0.6) is 17.2 Å². The smallest absolute Gasteiger partial charge is 0.410 e. The second-order valence-electron chi connectivity index (χ2n) is 16.5. The molecule has 6 atom stereocenters. The molecule has 1 heterocycles. The number of benzene rings is 4. The minimum Gasteiger partial charge on any atom is -0.459 e. The van der Waals surface area contributed by atoms with Crippen molar-refractivity contribution in [3.63, 3.8) is 0 Å². The van der Waals surface area contributed by atoms with Crippen molar-refractivity contribution in [2.24, 2.45) is 22.9 Å². The molecule has 6 unspecified atom stereocenters. The Morgan fingerprint density at radius 3 is 2.50 bits per heavy atom. The Balaban J connectivity index is 1.46. The van der Waals surface area contributed by atoms with Crippen LogP contribution >= 0.6 is 0 Å². The number of amides is 1. The molecule has 0 bridgehead atoms. The molecule has 13 heteroatoms. The van der Waals surface area contributed by atoms with Gasteiger partial charge in [0.05, 0.1) is 42.4 Å². The van der Waals surface area contributed by atoms with E-state index in [0.717, 1.165) is 53.2 Å². The summed E-state index contributed by atoms with van der Waals surface area (Å²) in [6.07, 6.45) is 10.1. The number of hydrogen-bond donors (Lipinski definition) is 2. The van der Waals surface area contributed by atoms with Gasteiger partial charge < -0.3 is 34.0 Å². The van der Waals surface area contributed by atoms with Crippen LogP contribution in [0.2, 0.25) is 0 Å². The van der Waals surface area contributed by atoms with Gasteiger partial charge in [-0.15, -0.1) is 13.2 Å². The van der Waals surface area contributed by atoms with Crippen LogP contribution in [-0.4, -0.2) is 76.7 Å². The first-order valence-electron chi connectivity index (χ1n) is 22.4. The Hall–Kier alpha value is -6.02. The summed E-state index contributed by atoms with van der Waals surface area (Å²) in [4.78, 5) is 33.7. The second kappa shape index (κ2) is 21.6. The summed E-state index contributed by atoms with van der Waals surface area (Å²) in [7, 11) is 0. The molecular weight excluding hydrogens is 815 g/mol. The lowest BCUT2D eigenvalue weighted by molar-refractivity contribution is -0.384. The zero-order chi connectivity index (χ0) is 45.1. The van der Waals surface area contributed by atoms with Gasteiger partial charge >= 0.3 is 6.09 Å². The van der Waals surface area contributed by atoms with Crippen molar-refractivity contribution in [3.8, 4) is 17.2 Å². The number of carbonyl (C=O) groups is 1. The summed E-state index contributed by atoms with van der Waals surface area (Å²) in [5.74, 6) is -1.09. The lowest BCUT2D eigenvalue weighted by Gasteiger charge is -2.59. The van der Waals surface area contributed by atoms with E-state index in [9.17, 15) is 25.1 Å². The molecule has 3 aliphatic rings. The average Bonchev–Trinajstić information content (AvgIpc) is 3.31. The molecule has 1 amide bonds. The summed E-state index contributed by atoms with van der Waals surface area (Å²) in [6.45, 7) is 10.6. The maximum atomic E-state index is 14.8. The molecule has 0 radical (unpaired) electrons. The molecule has 0 saturated heterocycles. The number of aliphatic hydroxyl groups excluding tert-OH is 2. The van der Waals surface area contributed by atoms with E-state index in [4.69, 9.17) is 28.9 Å². The van der Waals surface area contributed by atoms with Gasteiger partial charge in [0.25, 0.3) is 5.69 Å². The predicted molar refractivity (Wildman–Crippen MR) is 245 cm³/mol. The van der Waals surface area contributed by atoms with Gasteiger partial charge in [-0.2, -0.15) is 0 Å². The minimum absolute atomic E-state index is 0.0184. The molecule has 2 N–H and O–H groups in total. The molecule has 13 nitrogen and oxygen atoms in total. The fourth-order valence-electron chi connectivity index (χ4n) is 9.88. The lowest BCUT2D eigenvalue weighted by Crippen LogP contribution is -2.70. The van der Waals surface area contributed by atoms with Gasteiger partial charge in [0.1, 0.15) is 29.9 Å². The van der Waals surface area contributed by atoms with Crippen LogP contribution in [0.3, 0.4) is 0 Å². The number of allylic oxidation sites excluding steroid dienone is 1. The van der Waals surface area contributed by atoms with Gasteiger partial charge in [0.2, 0.25) is 5.79 Å². The first-order chi connectivity index (χ1) is 31.3. The number of non-ortho nitro benzene ring substituents is 1. The molecule has 2 aliphatic carbocycles. The highest BCUT2D eigenvalue weighted by atomic mass is 16.7. The fraction of sp³-hybridized carbons (Fsp3) is 0.412. The van der Waals surface area contributed by atoms with Gasteiger partial charge in [0, 0.05) is 37.2 Å². The molecule has 0 aromatic heterocycles. The number of hydrogen-bond acceptors (Lipinski definition) is 11. The summed E-state index contributed by atoms with van der Waals surface area (Å²) in [5.41, 5.74) is 3.23. The molecule has 4 aromatic carbocycles. The van der Waals surface area contributed by atoms with Crippen molar-refractivity contribution in [2.75, 3.05) is 33.0 Å². The Kier molecular flexibility index (Phi) is 15.5. The largest absolute Gasteiger partial charge is 0.459 e. The van der Waals surface area contributed by atoms with Crippen LogP contribution in [0, 0.1) is 27.9 Å². The van der Waals surface area contributed by atoms with E-state index in [1.54, 1.807) is 35.3 Å². The normalized spacial score (nSPS) is 22.6. The number of nitro benzene ring substituents is 1. The fourth-order valence-corrected chi connectivity index (χ4v) is 9.88. The van der Waals surface area contributed by atoms with Crippen LogP contribution in [0.4, 0.5) is 10.5 Å². The maximum absolute atomic E-state index is 14.8. The zero-order valence-corrected chi connectivity index (χ0v) is 36.5. The van der Waals surface area contributed by atoms with Crippen molar-refractivity contribution < 1.29 is 43.7 Å². The number of nitro groups is 1. The molecule has 1 saturated carbocycles. The summed E-state index contributed by atoms with van der Waals surface area (Å²) < 4.78 is 26.9. The number of ether oxygens (including phenoxy) is 4. The third-order valence-corrected chi connectivity index (χ3v) is 12.6. The van der Waals surface area contributed by atoms with Crippen LogP contribution in [0.15, 0.2) is 127 Å². The molecule has 0 spiro atoms. The molecule has 338 valence electrons. The topological polar surface area (TPSA) is 162 Å². The number of aliphatic hydroxyl groups is 2. The van der Waals surface area contributed by atoms with Crippen LogP contribution < -0.4 is 9.47 Å². The average molecular weight is 874 g/mol. The molecule has 1 fully saturated rings. The van der Waals surface area contributed by atoms with Gasteiger partial charge in [-0.25, -0.2) is 4.79 Å². The van der Waals surface area contributed by atoms with E-state index in [1.807, 2.05) is 61.5 Å². The number of fused-ring (bicyclic) bond motifs is 3. The molecular formula is C51H59N3O10. The monoisotopic (exact) mass is 873 g/mol. The van der Waals surface area contributed by atoms with Gasteiger partial charge in [-0.1, -0.05) is 84.8 Å². The van der Waals surface area contributed by atoms with Crippen molar-refractivity contribution in [3.05, 3.63) is 143 Å². The molecule has 4 aromatic rings. The molecule has 1 aliphatic heterocycles. The first-order valence-corrected chi connectivity index (χ1v) is 22.4. The Bertz CT molecular complexity index is 2340. The number of oxime groups is 1. The van der Waals surface area contributed by atoms with Crippen molar-refractivity contribution in [1.82, 2.24) is 4.90 Å². The van der Waals surface area contributed by atoms with E-state index in [1.165, 1.54) is 12.1 Å². The van der Waals surface area contributed by atoms with E-state index in [-0.39, 0.29) is 62.8 Å². The number of carbonyl (C=O) groups excluding carboxylic acids is 1. The van der Waals surface area contributed by atoms with Crippen molar-refractivity contribution in [2.45, 2.75) is 82.6 Å². The third kappa shape index (κ3) is 9.86. The van der Waals surface area contributed by atoms with Gasteiger partial charge in [-0.05, 0) is 97.0 Å². The minimum atomic E-state index is -1.52. The predicted octanol–water partition coefficient (Wildman–Crippen LogP) is 10.4. The highest BCUT2D eigenvalue weighted by Gasteiger charge is 2.65. The van der Waals surface area contributed by atoms with E-state index < -0.39 is 28.8 Å². The highest BCUT2D eigenvalue weighted by Crippen LogP contribution is 2.62. The Morgan fingerprint density at radius 2 is 1.73 bits per heavy atom.